The van der Waals surface area contributed by atoms with E-state index in [2.05, 4.69) is 68.7 Å². The molecule has 10 heteroatoms. The summed E-state index contributed by atoms with van der Waals surface area (Å²) in [6.07, 6.45) is 0. The molecule has 32 heavy (non-hydrogen) atoms. The standard InChI is InChI=1S/C22H12Br4N2O4/c23-12-9-13(19(31)10-5-1-3-7-14(10)29)28(22(12)26)18-16(24)21(25)27-17(18)20(32)11-6-2-4-8-15(11)30/h1-9,27,29-30H. The number of aromatic nitrogens is 2. The van der Waals surface area contributed by atoms with Crippen LogP contribution in [-0.2, 0) is 0 Å². The molecule has 0 aliphatic carbocycles. The highest BCUT2D eigenvalue weighted by atomic mass is 79.9. The molecule has 4 rings (SSSR count). The Morgan fingerprint density at radius 2 is 1.34 bits per heavy atom. The number of benzene rings is 2. The molecule has 0 atom stereocenters. The first-order chi connectivity index (χ1) is 15.2. The lowest BCUT2D eigenvalue weighted by molar-refractivity contribution is 0.101. The second kappa shape index (κ2) is 9.01. The van der Waals surface area contributed by atoms with E-state index in [9.17, 15) is 19.8 Å². The summed E-state index contributed by atoms with van der Waals surface area (Å²) in [7, 11) is 0. The Bertz CT molecular complexity index is 1290. The van der Waals surface area contributed by atoms with Crippen molar-refractivity contribution in [3.63, 3.8) is 0 Å². The van der Waals surface area contributed by atoms with E-state index >= 15 is 0 Å². The van der Waals surface area contributed by atoms with E-state index < -0.39 is 11.6 Å². The van der Waals surface area contributed by atoms with Crippen molar-refractivity contribution in [1.82, 2.24) is 9.55 Å². The fourth-order valence-electron chi connectivity index (χ4n) is 3.26. The molecule has 0 aliphatic heterocycles. The van der Waals surface area contributed by atoms with Gasteiger partial charge < -0.3 is 15.2 Å². The number of aromatic hydroxyl groups is 2. The Hall–Kier alpha value is -2.14. The first-order valence-electron chi connectivity index (χ1n) is 9.01. The summed E-state index contributed by atoms with van der Waals surface area (Å²) in [5, 5.41) is 20.4. The molecule has 0 spiro atoms. The molecular weight excluding hydrogens is 676 g/mol. The maximum Gasteiger partial charge on any atom is 0.215 e. The Morgan fingerprint density at radius 3 is 1.91 bits per heavy atom. The summed E-state index contributed by atoms with van der Waals surface area (Å²) < 4.78 is 3.57. The van der Waals surface area contributed by atoms with Gasteiger partial charge in [0, 0.05) is 0 Å². The van der Waals surface area contributed by atoms with Crippen molar-refractivity contribution in [3.8, 4) is 17.2 Å². The van der Waals surface area contributed by atoms with Gasteiger partial charge in [0.15, 0.2) is 0 Å². The Balaban J connectivity index is 1.96. The Morgan fingerprint density at radius 1 is 0.812 bits per heavy atom. The van der Waals surface area contributed by atoms with Gasteiger partial charge in [-0.15, -0.1) is 0 Å². The molecule has 0 saturated carbocycles. The molecule has 3 N–H and O–H groups in total. The smallest absolute Gasteiger partial charge is 0.215 e. The van der Waals surface area contributed by atoms with E-state index in [0.717, 1.165) is 0 Å². The Kier molecular flexibility index (Phi) is 6.49. The third-order valence-electron chi connectivity index (χ3n) is 4.75. The maximum absolute atomic E-state index is 13.4. The molecule has 162 valence electrons. The third-order valence-corrected chi connectivity index (χ3v) is 8.57. The van der Waals surface area contributed by atoms with Gasteiger partial charge in [0.2, 0.25) is 11.6 Å². The average Bonchev–Trinajstić information content (AvgIpc) is 3.23. The highest BCUT2D eigenvalue weighted by Crippen LogP contribution is 2.40. The largest absolute Gasteiger partial charge is 0.507 e. The topological polar surface area (TPSA) is 95.3 Å². The number of hydrogen-bond acceptors (Lipinski definition) is 4. The van der Waals surface area contributed by atoms with Crippen molar-refractivity contribution < 1.29 is 19.8 Å². The van der Waals surface area contributed by atoms with Gasteiger partial charge in [-0.05, 0) is 94.1 Å². The second-order valence-corrected chi connectivity index (χ2v) is 9.86. The fraction of sp³-hybridized carbons (Fsp3) is 0. The minimum absolute atomic E-state index is 0.103. The number of nitrogens with one attached hydrogen (secondary N) is 1. The number of hydrogen-bond donors (Lipinski definition) is 3. The number of aromatic amines is 1. The van der Waals surface area contributed by atoms with Crippen LogP contribution >= 0.6 is 63.7 Å². The molecule has 0 radical (unpaired) electrons. The van der Waals surface area contributed by atoms with E-state index in [1.54, 1.807) is 34.9 Å². The summed E-state index contributed by atoms with van der Waals surface area (Å²) in [6.45, 7) is 0. The molecule has 2 aromatic carbocycles. The number of phenols is 2. The SMILES string of the molecule is O=C(c1ccccc1O)c1[nH]c(Br)c(Br)c1-n1c(C(=O)c2ccccc2O)cc(Br)c1Br. The highest BCUT2D eigenvalue weighted by Gasteiger charge is 2.30. The monoisotopic (exact) mass is 684 g/mol. The highest BCUT2D eigenvalue weighted by molar-refractivity contribution is 9.13. The van der Waals surface area contributed by atoms with Crippen LogP contribution in [0.2, 0.25) is 0 Å². The van der Waals surface area contributed by atoms with Crippen LogP contribution < -0.4 is 0 Å². The minimum atomic E-state index is -0.470. The van der Waals surface area contributed by atoms with Gasteiger partial charge in [-0.25, -0.2) is 0 Å². The van der Waals surface area contributed by atoms with Crippen LogP contribution in [0.1, 0.15) is 32.1 Å². The van der Waals surface area contributed by atoms with Crippen molar-refractivity contribution >= 4 is 75.3 Å². The lowest BCUT2D eigenvalue weighted by atomic mass is 10.1. The molecule has 6 nitrogen and oxygen atoms in total. The molecule has 0 saturated heterocycles. The number of halogens is 4. The number of H-pyrrole nitrogens is 1. The summed E-state index contributed by atoms with van der Waals surface area (Å²) in [5.74, 6) is -1.23. The summed E-state index contributed by atoms with van der Waals surface area (Å²) >= 11 is 13.8. The van der Waals surface area contributed by atoms with Crippen LogP contribution in [-0.4, -0.2) is 31.3 Å². The predicted octanol–water partition coefficient (Wildman–Crippen LogP) is 6.73. The van der Waals surface area contributed by atoms with Crippen molar-refractivity contribution in [2.75, 3.05) is 0 Å². The van der Waals surface area contributed by atoms with Gasteiger partial charge in [-0.2, -0.15) is 0 Å². The van der Waals surface area contributed by atoms with Gasteiger partial charge in [-0.1, -0.05) is 24.3 Å². The van der Waals surface area contributed by atoms with Crippen molar-refractivity contribution in [3.05, 3.63) is 95.3 Å². The van der Waals surface area contributed by atoms with Crippen molar-refractivity contribution in [2.45, 2.75) is 0 Å². The van der Waals surface area contributed by atoms with Crippen LogP contribution in [0, 0.1) is 0 Å². The first-order valence-corrected chi connectivity index (χ1v) is 12.2. The quantitative estimate of drug-likeness (QED) is 0.203. The van der Waals surface area contributed by atoms with E-state index in [-0.39, 0.29) is 34.0 Å². The molecule has 0 aliphatic rings. The summed E-state index contributed by atoms with van der Waals surface area (Å²) in [4.78, 5) is 29.7. The van der Waals surface area contributed by atoms with Crippen LogP contribution in [0.25, 0.3) is 5.69 Å². The molecule has 0 amide bonds. The maximum atomic E-state index is 13.4. The number of carbonyl (C=O) groups excluding carboxylic acids is 2. The number of phenolic OH excluding ortho intramolecular Hbond substituents is 2. The van der Waals surface area contributed by atoms with Crippen LogP contribution in [0.4, 0.5) is 0 Å². The number of nitrogens with zero attached hydrogens (tertiary/aromatic N) is 1. The molecule has 0 bridgehead atoms. The minimum Gasteiger partial charge on any atom is -0.507 e. The van der Waals surface area contributed by atoms with Gasteiger partial charge in [0.1, 0.15) is 21.8 Å². The van der Waals surface area contributed by atoms with Gasteiger partial charge in [-0.3, -0.25) is 14.2 Å². The van der Waals surface area contributed by atoms with Gasteiger partial charge in [0.05, 0.1) is 36.1 Å². The third kappa shape index (κ3) is 3.89. The summed E-state index contributed by atoms with van der Waals surface area (Å²) in [6, 6.07) is 14.0. The van der Waals surface area contributed by atoms with Crippen LogP contribution in [0.3, 0.4) is 0 Å². The lowest BCUT2D eigenvalue weighted by Crippen LogP contribution is -2.13. The molecule has 4 aromatic rings. The fourth-order valence-corrected chi connectivity index (χ4v) is 5.00. The van der Waals surface area contributed by atoms with E-state index in [0.29, 0.717) is 23.8 Å². The van der Waals surface area contributed by atoms with Crippen LogP contribution in [0.5, 0.6) is 11.5 Å². The number of para-hydroxylation sites is 2. The zero-order valence-corrected chi connectivity index (χ0v) is 22.2. The average molecular weight is 688 g/mol. The number of carbonyl (C=O) groups is 2. The molecule has 0 fully saturated rings. The van der Waals surface area contributed by atoms with Gasteiger partial charge in [0.25, 0.3) is 0 Å². The molecule has 0 unspecified atom stereocenters. The van der Waals surface area contributed by atoms with Crippen molar-refractivity contribution in [1.29, 1.82) is 0 Å². The normalized spacial score (nSPS) is 11.0. The number of rotatable bonds is 5. The van der Waals surface area contributed by atoms with E-state index in [1.807, 2.05) is 0 Å². The molecule has 2 aromatic heterocycles. The predicted molar refractivity (Wildman–Crippen MR) is 134 cm³/mol. The second-order valence-electron chi connectivity index (χ2n) is 6.67. The zero-order chi connectivity index (χ0) is 23.2. The van der Waals surface area contributed by atoms with E-state index in [1.165, 1.54) is 24.3 Å². The molecule has 2 heterocycles. The molecular formula is C22H12Br4N2O4. The van der Waals surface area contributed by atoms with Crippen molar-refractivity contribution in [2.24, 2.45) is 0 Å². The number of ketones is 2. The van der Waals surface area contributed by atoms with E-state index in [4.69, 9.17) is 0 Å². The Labute approximate surface area is 215 Å². The van der Waals surface area contributed by atoms with Gasteiger partial charge >= 0.3 is 0 Å². The summed E-state index contributed by atoms with van der Waals surface area (Å²) in [5.41, 5.74) is 0.905. The lowest BCUT2D eigenvalue weighted by Gasteiger charge is -2.13. The zero-order valence-electron chi connectivity index (χ0n) is 15.9. The van der Waals surface area contributed by atoms with Crippen LogP contribution in [0.15, 0.2) is 72.7 Å². The first kappa shape index (κ1) is 23.0.